The third-order valence-electron chi connectivity index (χ3n) is 3.13. The minimum Gasteiger partial charge on any atom is -0.465 e. The van der Waals surface area contributed by atoms with E-state index in [1.807, 2.05) is 19.1 Å². The van der Waals surface area contributed by atoms with Gasteiger partial charge in [-0.2, -0.15) is 0 Å². The summed E-state index contributed by atoms with van der Waals surface area (Å²) in [5.41, 5.74) is 2.27. The third-order valence-corrected chi connectivity index (χ3v) is 3.13. The molecule has 0 heterocycles. The summed E-state index contributed by atoms with van der Waals surface area (Å²) in [6.45, 7) is 2.01. The fourth-order valence-electron chi connectivity index (χ4n) is 2.21. The molecule has 0 aromatic heterocycles. The number of esters is 1. The van der Waals surface area contributed by atoms with Gasteiger partial charge in [0, 0.05) is 11.7 Å². The molecule has 21 heavy (non-hydrogen) atoms. The summed E-state index contributed by atoms with van der Waals surface area (Å²) in [6, 6.07) is 13.8. The molecular formula is C17H18FNO2. The highest BCUT2D eigenvalue weighted by atomic mass is 19.1. The fraction of sp³-hybridized carbons (Fsp3) is 0.235. The summed E-state index contributed by atoms with van der Waals surface area (Å²) in [7, 11) is 1.36. The molecule has 0 aliphatic heterocycles. The number of hydrogen-bond acceptors (Lipinski definition) is 3. The molecule has 2 rings (SSSR count). The Balaban J connectivity index is 2.02. The Hall–Kier alpha value is -2.36. The van der Waals surface area contributed by atoms with Crippen molar-refractivity contribution in [2.75, 3.05) is 12.4 Å². The van der Waals surface area contributed by atoms with Gasteiger partial charge in [0.1, 0.15) is 5.82 Å². The first kappa shape index (κ1) is 15.0. The Bertz CT molecular complexity index is 628. The van der Waals surface area contributed by atoms with Crippen LogP contribution in [0.3, 0.4) is 0 Å². The van der Waals surface area contributed by atoms with E-state index in [1.165, 1.54) is 19.2 Å². The molecule has 1 unspecified atom stereocenters. The quantitative estimate of drug-likeness (QED) is 0.853. The molecule has 0 amide bonds. The van der Waals surface area contributed by atoms with Crippen LogP contribution < -0.4 is 5.32 Å². The van der Waals surface area contributed by atoms with Gasteiger partial charge in [-0.05, 0) is 49.2 Å². The zero-order chi connectivity index (χ0) is 15.2. The molecule has 0 saturated carbocycles. The highest BCUT2D eigenvalue weighted by molar-refractivity contribution is 5.90. The van der Waals surface area contributed by atoms with Crippen LogP contribution in [0, 0.1) is 5.82 Å². The van der Waals surface area contributed by atoms with E-state index in [0.717, 1.165) is 11.3 Å². The molecule has 110 valence electrons. The van der Waals surface area contributed by atoms with Crippen molar-refractivity contribution in [3.63, 3.8) is 0 Å². The van der Waals surface area contributed by atoms with Crippen LogP contribution in [0.5, 0.6) is 0 Å². The lowest BCUT2D eigenvalue weighted by atomic mass is 10.1. The summed E-state index contributed by atoms with van der Waals surface area (Å²) in [6.07, 6.45) is 0.695. The zero-order valence-corrected chi connectivity index (χ0v) is 12.1. The van der Waals surface area contributed by atoms with Gasteiger partial charge >= 0.3 is 5.97 Å². The van der Waals surface area contributed by atoms with E-state index < -0.39 is 0 Å². The molecule has 0 bridgehead atoms. The molecule has 2 aromatic rings. The normalized spacial score (nSPS) is 11.8. The predicted octanol–water partition coefficient (Wildman–Crippen LogP) is 3.66. The van der Waals surface area contributed by atoms with Gasteiger partial charge in [-0.15, -0.1) is 0 Å². The first-order valence-corrected chi connectivity index (χ1v) is 6.78. The lowest BCUT2D eigenvalue weighted by molar-refractivity contribution is 0.0601. The SMILES string of the molecule is COC(=O)c1cccc(NC(C)Cc2cccc(F)c2)c1. The molecule has 0 aliphatic rings. The number of rotatable bonds is 5. The second-order valence-electron chi connectivity index (χ2n) is 4.95. The monoisotopic (exact) mass is 287 g/mol. The molecule has 4 heteroatoms. The number of carbonyl (C=O) groups excluding carboxylic acids is 1. The standard InChI is InChI=1S/C17H18FNO2/c1-12(9-13-5-3-7-15(18)10-13)19-16-8-4-6-14(11-16)17(20)21-2/h3-8,10-12,19H,9H2,1-2H3. The largest absolute Gasteiger partial charge is 0.465 e. The summed E-state index contributed by atoms with van der Waals surface area (Å²) < 4.78 is 17.9. The number of anilines is 1. The van der Waals surface area contributed by atoms with Gasteiger partial charge in [0.05, 0.1) is 12.7 Å². The van der Waals surface area contributed by atoms with Crippen molar-refractivity contribution in [3.05, 3.63) is 65.5 Å². The Morgan fingerprint density at radius 3 is 2.71 bits per heavy atom. The molecule has 0 fully saturated rings. The van der Waals surface area contributed by atoms with E-state index in [9.17, 15) is 9.18 Å². The molecule has 3 nitrogen and oxygen atoms in total. The number of ether oxygens (including phenoxy) is 1. The second-order valence-corrected chi connectivity index (χ2v) is 4.95. The predicted molar refractivity (Wildman–Crippen MR) is 81.0 cm³/mol. The van der Waals surface area contributed by atoms with Crippen molar-refractivity contribution >= 4 is 11.7 Å². The highest BCUT2D eigenvalue weighted by Gasteiger charge is 2.08. The molecule has 1 N–H and O–H groups in total. The van der Waals surface area contributed by atoms with E-state index >= 15 is 0 Å². The van der Waals surface area contributed by atoms with Crippen LogP contribution in [0.2, 0.25) is 0 Å². The van der Waals surface area contributed by atoms with Crippen LogP contribution in [-0.4, -0.2) is 19.1 Å². The van der Waals surface area contributed by atoms with E-state index in [1.54, 1.807) is 24.3 Å². The molecule has 0 aliphatic carbocycles. The second kappa shape index (κ2) is 6.88. The lowest BCUT2D eigenvalue weighted by Crippen LogP contribution is -2.18. The van der Waals surface area contributed by atoms with Crippen molar-refractivity contribution in [1.82, 2.24) is 0 Å². The molecule has 2 aromatic carbocycles. The summed E-state index contributed by atoms with van der Waals surface area (Å²) in [4.78, 5) is 11.5. The molecule has 0 radical (unpaired) electrons. The van der Waals surface area contributed by atoms with E-state index in [0.29, 0.717) is 12.0 Å². The molecule has 0 spiro atoms. The molecular weight excluding hydrogens is 269 g/mol. The maximum atomic E-state index is 13.2. The average molecular weight is 287 g/mol. The van der Waals surface area contributed by atoms with E-state index in [2.05, 4.69) is 5.32 Å². The van der Waals surface area contributed by atoms with Crippen molar-refractivity contribution < 1.29 is 13.9 Å². The number of carbonyl (C=O) groups is 1. The summed E-state index contributed by atoms with van der Waals surface area (Å²) in [5.74, 6) is -0.594. The van der Waals surface area contributed by atoms with Crippen molar-refractivity contribution in [1.29, 1.82) is 0 Å². The molecule has 1 atom stereocenters. The fourth-order valence-corrected chi connectivity index (χ4v) is 2.21. The number of nitrogens with one attached hydrogen (secondary N) is 1. The number of halogens is 1. The van der Waals surface area contributed by atoms with Crippen LogP contribution in [-0.2, 0) is 11.2 Å². The number of methoxy groups -OCH3 is 1. The maximum Gasteiger partial charge on any atom is 0.337 e. The summed E-state index contributed by atoms with van der Waals surface area (Å²) in [5, 5.41) is 3.30. The number of hydrogen-bond donors (Lipinski definition) is 1. The highest BCUT2D eigenvalue weighted by Crippen LogP contribution is 2.15. The van der Waals surface area contributed by atoms with Gasteiger partial charge in [0.2, 0.25) is 0 Å². The van der Waals surface area contributed by atoms with Gasteiger partial charge in [0.15, 0.2) is 0 Å². The van der Waals surface area contributed by atoms with Crippen LogP contribution in [0.15, 0.2) is 48.5 Å². The Labute approximate surface area is 123 Å². The molecule has 0 saturated heterocycles. The van der Waals surface area contributed by atoms with E-state index in [4.69, 9.17) is 4.74 Å². The van der Waals surface area contributed by atoms with Crippen LogP contribution >= 0.6 is 0 Å². The first-order valence-electron chi connectivity index (χ1n) is 6.78. The van der Waals surface area contributed by atoms with Crippen LogP contribution in [0.4, 0.5) is 10.1 Å². The van der Waals surface area contributed by atoms with Gasteiger partial charge in [0.25, 0.3) is 0 Å². The van der Waals surface area contributed by atoms with Crippen LogP contribution in [0.1, 0.15) is 22.8 Å². The smallest absolute Gasteiger partial charge is 0.337 e. The maximum absolute atomic E-state index is 13.2. The summed E-state index contributed by atoms with van der Waals surface area (Å²) >= 11 is 0. The Morgan fingerprint density at radius 2 is 2.00 bits per heavy atom. The van der Waals surface area contributed by atoms with Gasteiger partial charge in [-0.3, -0.25) is 0 Å². The van der Waals surface area contributed by atoms with Crippen molar-refractivity contribution in [3.8, 4) is 0 Å². The average Bonchev–Trinajstić information content (AvgIpc) is 2.46. The minimum absolute atomic E-state index is 0.111. The topological polar surface area (TPSA) is 38.3 Å². The lowest BCUT2D eigenvalue weighted by Gasteiger charge is -2.16. The van der Waals surface area contributed by atoms with Crippen LogP contribution in [0.25, 0.3) is 0 Å². The van der Waals surface area contributed by atoms with E-state index in [-0.39, 0.29) is 17.8 Å². The van der Waals surface area contributed by atoms with Gasteiger partial charge < -0.3 is 10.1 Å². The van der Waals surface area contributed by atoms with Gasteiger partial charge in [-0.25, -0.2) is 9.18 Å². The number of benzene rings is 2. The first-order chi connectivity index (χ1) is 10.1. The van der Waals surface area contributed by atoms with Gasteiger partial charge in [-0.1, -0.05) is 18.2 Å². The Morgan fingerprint density at radius 1 is 1.24 bits per heavy atom. The van der Waals surface area contributed by atoms with Crippen molar-refractivity contribution in [2.24, 2.45) is 0 Å². The zero-order valence-electron chi connectivity index (χ0n) is 12.1. The third kappa shape index (κ3) is 4.31. The minimum atomic E-state index is -0.364. The Kier molecular flexibility index (Phi) is 4.93. The van der Waals surface area contributed by atoms with Crippen molar-refractivity contribution in [2.45, 2.75) is 19.4 Å².